The van der Waals surface area contributed by atoms with Crippen LogP contribution in [0.2, 0.25) is 0 Å². The molecule has 0 fully saturated rings. The molecule has 2 heteroatoms. The highest BCUT2D eigenvalue weighted by molar-refractivity contribution is 5.37. The summed E-state index contributed by atoms with van der Waals surface area (Å²) < 4.78 is 0. The number of hydrogen-bond acceptors (Lipinski definition) is 2. The van der Waals surface area contributed by atoms with E-state index in [1.165, 1.54) is 22.3 Å². The Balaban J connectivity index is 1.94. The van der Waals surface area contributed by atoms with Gasteiger partial charge in [0, 0.05) is 13.1 Å². The summed E-state index contributed by atoms with van der Waals surface area (Å²) in [7, 11) is 0. The summed E-state index contributed by atoms with van der Waals surface area (Å²) in [4.78, 5) is 0. The third kappa shape index (κ3) is 3.69. The van der Waals surface area contributed by atoms with E-state index >= 15 is 0 Å². The molecule has 0 bridgehead atoms. The minimum atomic E-state index is -0.456. The second-order valence-corrected chi connectivity index (χ2v) is 5.43. The van der Waals surface area contributed by atoms with Crippen LogP contribution in [0.15, 0.2) is 42.5 Å². The van der Waals surface area contributed by atoms with Crippen LogP contribution in [0.4, 0.5) is 0 Å². The molecule has 2 N–H and O–H groups in total. The highest BCUT2D eigenvalue weighted by Crippen LogP contribution is 2.17. The molecule has 0 amide bonds. The Morgan fingerprint density at radius 2 is 1.60 bits per heavy atom. The Hall–Kier alpha value is -1.64. The number of nitrogens with one attached hydrogen (secondary N) is 1. The molecule has 0 aliphatic heterocycles. The number of aliphatic hydroxyl groups is 1. The monoisotopic (exact) mass is 269 g/mol. The molecule has 1 atom stereocenters. The van der Waals surface area contributed by atoms with Crippen molar-refractivity contribution in [2.45, 2.75) is 33.4 Å². The van der Waals surface area contributed by atoms with E-state index in [2.05, 4.69) is 38.2 Å². The van der Waals surface area contributed by atoms with Crippen molar-refractivity contribution in [2.24, 2.45) is 0 Å². The van der Waals surface area contributed by atoms with Crippen molar-refractivity contribution >= 4 is 0 Å². The lowest BCUT2D eigenvalue weighted by molar-refractivity contribution is 0.174. The molecule has 0 aliphatic rings. The van der Waals surface area contributed by atoms with Gasteiger partial charge in [-0.05, 0) is 43.0 Å². The summed E-state index contributed by atoms with van der Waals surface area (Å²) in [6.07, 6.45) is -0.456. The molecular formula is C18H23NO. The van der Waals surface area contributed by atoms with Crippen molar-refractivity contribution in [3.63, 3.8) is 0 Å². The molecule has 0 saturated heterocycles. The second kappa shape index (κ2) is 6.69. The van der Waals surface area contributed by atoms with E-state index in [0.717, 1.165) is 12.1 Å². The van der Waals surface area contributed by atoms with Crippen LogP contribution in [0.25, 0.3) is 0 Å². The largest absolute Gasteiger partial charge is 0.387 e. The third-order valence-electron chi connectivity index (χ3n) is 3.66. The Morgan fingerprint density at radius 3 is 2.20 bits per heavy atom. The Kier molecular flexibility index (Phi) is 4.94. The highest BCUT2D eigenvalue weighted by Gasteiger charge is 2.08. The molecule has 2 rings (SSSR count). The van der Waals surface area contributed by atoms with E-state index in [-0.39, 0.29) is 0 Å². The van der Waals surface area contributed by atoms with Crippen molar-refractivity contribution < 1.29 is 5.11 Å². The van der Waals surface area contributed by atoms with Gasteiger partial charge in [-0.15, -0.1) is 0 Å². The molecule has 0 unspecified atom stereocenters. The van der Waals surface area contributed by atoms with Gasteiger partial charge in [0.1, 0.15) is 0 Å². The number of hydrogen-bond donors (Lipinski definition) is 2. The van der Waals surface area contributed by atoms with E-state index in [1.54, 1.807) is 0 Å². The van der Waals surface area contributed by atoms with Crippen molar-refractivity contribution in [1.82, 2.24) is 5.32 Å². The Morgan fingerprint density at radius 1 is 1.00 bits per heavy atom. The van der Waals surface area contributed by atoms with Crippen LogP contribution in [0.1, 0.15) is 33.9 Å². The first kappa shape index (κ1) is 14.8. The summed E-state index contributed by atoms with van der Waals surface area (Å²) in [5.74, 6) is 0. The first-order valence-corrected chi connectivity index (χ1v) is 7.08. The summed E-state index contributed by atoms with van der Waals surface area (Å²) in [5.41, 5.74) is 6.20. The SMILES string of the molecule is Cc1cc(C)c(CNC[C@@H](O)c2ccccc2)c(C)c1. The van der Waals surface area contributed by atoms with Gasteiger partial charge in [-0.3, -0.25) is 0 Å². The topological polar surface area (TPSA) is 32.3 Å². The van der Waals surface area contributed by atoms with Crippen LogP contribution in [0.5, 0.6) is 0 Å². The molecule has 2 nitrogen and oxygen atoms in total. The predicted octanol–water partition coefficient (Wildman–Crippen LogP) is 3.44. The van der Waals surface area contributed by atoms with Crippen molar-refractivity contribution in [3.8, 4) is 0 Å². The number of benzene rings is 2. The zero-order valence-electron chi connectivity index (χ0n) is 12.5. The number of rotatable bonds is 5. The molecule has 2 aromatic rings. The van der Waals surface area contributed by atoms with Crippen LogP contribution in [0, 0.1) is 20.8 Å². The van der Waals surface area contributed by atoms with Crippen molar-refractivity contribution in [2.75, 3.05) is 6.54 Å². The van der Waals surface area contributed by atoms with E-state index in [4.69, 9.17) is 0 Å². The normalized spacial score (nSPS) is 12.4. The molecule has 0 saturated carbocycles. The van der Waals surface area contributed by atoms with Crippen LogP contribution in [0.3, 0.4) is 0 Å². The summed E-state index contributed by atoms with van der Waals surface area (Å²) in [6, 6.07) is 14.2. The van der Waals surface area contributed by atoms with E-state index in [9.17, 15) is 5.11 Å². The fourth-order valence-corrected chi connectivity index (χ4v) is 2.62. The van der Waals surface area contributed by atoms with Gasteiger partial charge in [0.05, 0.1) is 6.10 Å². The minimum Gasteiger partial charge on any atom is -0.387 e. The van der Waals surface area contributed by atoms with Gasteiger partial charge in [-0.25, -0.2) is 0 Å². The van der Waals surface area contributed by atoms with Crippen LogP contribution >= 0.6 is 0 Å². The van der Waals surface area contributed by atoms with Crippen molar-refractivity contribution in [3.05, 3.63) is 70.3 Å². The van der Waals surface area contributed by atoms with E-state index in [1.807, 2.05) is 30.3 Å². The fraction of sp³-hybridized carbons (Fsp3) is 0.333. The lowest BCUT2D eigenvalue weighted by atomic mass is 10.00. The lowest BCUT2D eigenvalue weighted by Gasteiger charge is -2.15. The standard InChI is InChI=1S/C18H23NO/c1-13-9-14(2)17(15(3)10-13)11-19-12-18(20)16-7-5-4-6-8-16/h4-10,18-20H,11-12H2,1-3H3/t18-/m1/s1. The molecule has 0 radical (unpaired) electrons. The molecule has 0 heterocycles. The first-order valence-electron chi connectivity index (χ1n) is 7.08. The number of aryl methyl sites for hydroxylation is 3. The quantitative estimate of drug-likeness (QED) is 0.871. The lowest BCUT2D eigenvalue weighted by Crippen LogP contribution is -2.22. The van der Waals surface area contributed by atoms with Crippen LogP contribution in [-0.4, -0.2) is 11.7 Å². The zero-order chi connectivity index (χ0) is 14.5. The predicted molar refractivity (Wildman–Crippen MR) is 83.8 cm³/mol. The fourth-order valence-electron chi connectivity index (χ4n) is 2.62. The Labute approximate surface area is 121 Å². The Bertz CT molecular complexity index is 540. The maximum atomic E-state index is 10.1. The van der Waals surface area contributed by atoms with E-state index in [0.29, 0.717) is 6.54 Å². The minimum absolute atomic E-state index is 0.456. The van der Waals surface area contributed by atoms with Gasteiger partial charge in [-0.1, -0.05) is 48.0 Å². The molecule has 0 spiro atoms. The summed E-state index contributed by atoms with van der Waals surface area (Å²) in [5, 5.41) is 13.5. The average molecular weight is 269 g/mol. The maximum Gasteiger partial charge on any atom is 0.0914 e. The zero-order valence-corrected chi connectivity index (χ0v) is 12.5. The molecule has 0 aromatic heterocycles. The van der Waals surface area contributed by atoms with Gasteiger partial charge in [0.25, 0.3) is 0 Å². The van der Waals surface area contributed by atoms with E-state index < -0.39 is 6.10 Å². The average Bonchev–Trinajstić information content (AvgIpc) is 2.42. The van der Waals surface area contributed by atoms with Gasteiger partial charge in [0.2, 0.25) is 0 Å². The molecule has 20 heavy (non-hydrogen) atoms. The molecule has 2 aromatic carbocycles. The summed E-state index contributed by atoms with van der Waals surface area (Å²) in [6.45, 7) is 7.77. The van der Waals surface area contributed by atoms with Crippen LogP contribution < -0.4 is 5.32 Å². The molecular weight excluding hydrogens is 246 g/mol. The number of aliphatic hydroxyl groups excluding tert-OH is 1. The summed E-state index contributed by atoms with van der Waals surface area (Å²) >= 11 is 0. The van der Waals surface area contributed by atoms with Gasteiger partial charge >= 0.3 is 0 Å². The third-order valence-corrected chi connectivity index (χ3v) is 3.66. The molecule has 106 valence electrons. The molecule has 0 aliphatic carbocycles. The smallest absolute Gasteiger partial charge is 0.0914 e. The van der Waals surface area contributed by atoms with Crippen LogP contribution in [-0.2, 0) is 6.54 Å². The first-order chi connectivity index (χ1) is 9.58. The van der Waals surface area contributed by atoms with Gasteiger partial charge < -0.3 is 10.4 Å². The second-order valence-electron chi connectivity index (χ2n) is 5.43. The van der Waals surface area contributed by atoms with Crippen molar-refractivity contribution in [1.29, 1.82) is 0 Å². The highest BCUT2D eigenvalue weighted by atomic mass is 16.3. The van der Waals surface area contributed by atoms with Gasteiger partial charge in [-0.2, -0.15) is 0 Å². The van der Waals surface area contributed by atoms with Gasteiger partial charge in [0.15, 0.2) is 0 Å². The maximum absolute atomic E-state index is 10.1.